The summed E-state index contributed by atoms with van der Waals surface area (Å²) in [6.45, 7) is 8.23. The van der Waals surface area contributed by atoms with Crippen molar-refractivity contribution in [3.63, 3.8) is 0 Å². The number of halogens is 1. The second kappa shape index (κ2) is 6.17. The molecule has 0 fully saturated rings. The molecule has 2 aromatic carbocycles. The van der Waals surface area contributed by atoms with Crippen LogP contribution in [0.3, 0.4) is 0 Å². The van der Waals surface area contributed by atoms with E-state index in [0.717, 1.165) is 11.1 Å². The molecule has 0 spiro atoms. The standard InChI is InChI=1S/C21H24FNO2/c1-12(2)13-6-5-7-14(8-13)16-9-15-11-21(3,4)19(25-20(23)24)17(15)10-18(16)22/h5-10,12,19H,11H2,1-4H3,(H2,23,24)/t19-/m0/s1. The number of hydrogen-bond acceptors (Lipinski definition) is 2. The molecule has 0 unspecified atom stereocenters. The predicted molar refractivity (Wildman–Crippen MR) is 96.8 cm³/mol. The first-order valence-electron chi connectivity index (χ1n) is 8.58. The molecule has 3 rings (SSSR count). The zero-order valence-electron chi connectivity index (χ0n) is 15.1. The summed E-state index contributed by atoms with van der Waals surface area (Å²) in [5, 5.41) is 0. The number of ether oxygens (including phenoxy) is 1. The Hall–Kier alpha value is -2.36. The minimum absolute atomic E-state index is 0.310. The fourth-order valence-electron chi connectivity index (χ4n) is 3.66. The summed E-state index contributed by atoms with van der Waals surface area (Å²) in [6, 6.07) is 11.4. The number of nitrogens with two attached hydrogens (primary N) is 1. The number of rotatable bonds is 3. The highest BCUT2D eigenvalue weighted by Gasteiger charge is 2.42. The molecule has 0 radical (unpaired) electrons. The summed E-state index contributed by atoms with van der Waals surface area (Å²) in [5.41, 5.74) is 9.22. The number of hydrogen-bond donors (Lipinski definition) is 1. The topological polar surface area (TPSA) is 52.3 Å². The molecule has 3 nitrogen and oxygen atoms in total. The van der Waals surface area contributed by atoms with Gasteiger partial charge in [0.2, 0.25) is 0 Å². The van der Waals surface area contributed by atoms with Crippen molar-refractivity contribution in [3.8, 4) is 11.1 Å². The number of amides is 1. The van der Waals surface area contributed by atoms with Gasteiger partial charge in [-0.2, -0.15) is 0 Å². The Kier molecular flexibility index (Phi) is 4.31. The van der Waals surface area contributed by atoms with Crippen LogP contribution in [0, 0.1) is 11.2 Å². The van der Waals surface area contributed by atoms with E-state index in [0.29, 0.717) is 23.5 Å². The van der Waals surface area contributed by atoms with Gasteiger partial charge >= 0.3 is 6.09 Å². The Morgan fingerprint density at radius 2 is 2.00 bits per heavy atom. The highest BCUT2D eigenvalue weighted by atomic mass is 19.1. The van der Waals surface area contributed by atoms with Crippen LogP contribution in [-0.2, 0) is 11.2 Å². The Labute approximate surface area is 148 Å². The van der Waals surface area contributed by atoms with E-state index >= 15 is 0 Å². The van der Waals surface area contributed by atoms with E-state index in [1.54, 1.807) is 0 Å². The van der Waals surface area contributed by atoms with Gasteiger partial charge in [-0.25, -0.2) is 9.18 Å². The van der Waals surface area contributed by atoms with Crippen LogP contribution in [0.25, 0.3) is 11.1 Å². The largest absolute Gasteiger partial charge is 0.441 e. The molecule has 0 saturated heterocycles. The molecule has 0 bridgehead atoms. The fourth-order valence-corrected chi connectivity index (χ4v) is 3.66. The normalized spacial score (nSPS) is 18.2. The lowest BCUT2D eigenvalue weighted by Crippen LogP contribution is -2.25. The third-order valence-corrected chi connectivity index (χ3v) is 4.97. The van der Waals surface area contributed by atoms with Crippen molar-refractivity contribution in [1.29, 1.82) is 0 Å². The summed E-state index contributed by atoms with van der Waals surface area (Å²) in [4.78, 5) is 11.2. The van der Waals surface area contributed by atoms with Crippen LogP contribution in [0.4, 0.5) is 9.18 Å². The van der Waals surface area contributed by atoms with Gasteiger partial charge in [-0.3, -0.25) is 0 Å². The van der Waals surface area contributed by atoms with Crippen molar-refractivity contribution in [2.75, 3.05) is 0 Å². The van der Waals surface area contributed by atoms with Crippen LogP contribution in [0.15, 0.2) is 36.4 Å². The number of carbonyl (C=O) groups excluding carboxylic acids is 1. The predicted octanol–water partition coefficient (Wildman–Crippen LogP) is 5.33. The molecule has 0 aromatic heterocycles. The molecule has 0 aliphatic heterocycles. The molecule has 0 saturated carbocycles. The van der Waals surface area contributed by atoms with E-state index in [2.05, 4.69) is 19.9 Å². The summed E-state index contributed by atoms with van der Waals surface area (Å²) in [5.74, 6) is 0.0696. The Morgan fingerprint density at radius 1 is 1.28 bits per heavy atom. The first-order chi connectivity index (χ1) is 11.7. The Bertz CT molecular complexity index is 827. The third kappa shape index (κ3) is 3.26. The average Bonchev–Trinajstić information content (AvgIpc) is 2.76. The van der Waals surface area contributed by atoms with Gasteiger partial charge < -0.3 is 10.5 Å². The van der Waals surface area contributed by atoms with Gasteiger partial charge in [-0.15, -0.1) is 0 Å². The van der Waals surface area contributed by atoms with Crippen LogP contribution in [0.5, 0.6) is 0 Å². The fraction of sp³-hybridized carbons (Fsp3) is 0.381. The molecule has 132 valence electrons. The molecular weight excluding hydrogens is 317 g/mol. The van der Waals surface area contributed by atoms with Crippen molar-refractivity contribution in [3.05, 3.63) is 58.9 Å². The van der Waals surface area contributed by atoms with E-state index in [-0.39, 0.29) is 11.2 Å². The van der Waals surface area contributed by atoms with Gasteiger partial charge in [0.15, 0.2) is 0 Å². The van der Waals surface area contributed by atoms with Crippen LogP contribution < -0.4 is 5.73 Å². The average molecular weight is 341 g/mol. The van der Waals surface area contributed by atoms with Crippen LogP contribution >= 0.6 is 0 Å². The maximum Gasteiger partial charge on any atom is 0.405 e. The molecule has 4 heteroatoms. The number of fused-ring (bicyclic) bond motifs is 1. The monoisotopic (exact) mass is 341 g/mol. The Balaban J connectivity index is 2.07. The SMILES string of the molecule is CC(C)c1cccc(-c2cc3c(cc2F)[C@H](OC(N)=O)C(C)(C)C3)c1. The Morgan fingerprint density at radius 3 is 2.64 bits per heavy atom. The first-order valence-corrected chi connectivity index (χ1v) is 8.58. The van der Waals surface area contributed by atoms with Gasteiger partial charge in [0.05, 0.1) is 0 Å². The molecule has 1 atom stereocenters. The van der Waals surface area contributed by atoms with Crippen LogP contribution in [0.1, 0.15) is 56.4 Å². The zero-order chi connectivity index (χ0) is 18.4. The highest BCUT2D eigenvalue weighted by molar-refractivity contribution is 5.68. The zero-order valence-corrected chi connectivity index (χ0v) is 15.1. The van der Waals surface area contributed by atoms with Gasteiger partial charge in [0.1, 0.15) is 11.9 Å². The molecular formula is C21H24FNO2. The maximum atomic E-state index is 14.9. The molecule has 1 aliphatic carbocycles. The first kappa shape index (κ1) is 17.5. The van der Waals surface area contributed by atoms with Crippen molar-refractivity contribution < 1.29 is 13.9 Å². The van der Waals surface area contributed by atoms with Gasteiger partial charge in [-0.05, 0) is 46.7 Å². The minimum atomic E-state index is -0.833. The molecule has 1 amide bonds. The second-order valence-electron chi connectivity index (χ2n) is 7.79. The van der Waals surface area contributed by atoms with E-state index in [1.807, 2.05) is 38.1 Å². The minimum Gasteiger partial charge on any atom is -0.441 e. The lowest BCUT2D eigenvalue weighted by atomic mass is 9.87. The van der Waals surface area contributed by atoms with Crippen molar-refractivity contribution in [2.24, 2.45) is 11.1 Å². The van der Waals surface area contributed by atoms with E-state index in [1.165, 1.54) is 11.6 Å². The lowest BCUT2D eigenvalue weighted by molar-refractivity contribution is 0.0391. The second-order valence-corrected chi connectivity index (χ2v) is 7.79. The van der Waals surface area contributed by atoms with Crippen LogP contribution in [-0.4, -0.2) is 6.09 Å². The van der Waals surface area contributed by atoms with E-state index in [4.69, 9.17) is 10.5 Å². The molecule has 0 heterocycles. The van der Waals surface area contributed by atoms with Crippen molar-refractivity contribution in [1.82, 2.24) is 0 Å². The maximum absolute atomic E-state index is 14.9. The molecule has 2 N–H and O–H groups in total. The van der Waals surface area contributed by atoms with Gasteiger partial charge in [0, 0.05) is 11.0 Å². The van der Waals surface area contributed by atoms with Crippen molar-refractivity contribution >= 4 is 6.09 Å². The summed E-state index contributed by atoms with van der Waals surface area (Å²) < 4.78 is 20.1. The highest BCUT2D eigenvalue weighted by Crippen LogP contribution is 2.48. The molecule has 2 aromatic rings. The van der Waals surface area contributed by atoms with Crippen LogP contribution in [0.2, 0.25) is 0 Å². The molecule has 25 heavy (non-hydrogen) atoms. The van der Waals surface area contributed by atoms with Gasteiger partial charge in [0.25, 0.3) is 0 Å². The van der Waals surface area contributed by atoms with Crippen molar-refractivity contribution in [2.45, 2.75) is 46.1 Å². The summed E-state index contributed by atoms with van der Waals surface area (Å²) in [7, 11) is 0. The number of carbonyl (C=O) groups is 1. The third-order valence-electron chi connectivity index (χ3n) is 4.97. The smallest absolute Gasteiger partial charge is 0.405 e. The number of primary amides is 1. The molecule has 1 aliphatic rings. The lowest BCUT2D eigenvalue weighted by Gasteiger charge is -2.26. The van der Waals surface area contributed by atoms with E-state index in [9.17, 15) is 9.18 Å². The quantitative estimate of drug-likeness (QED) is 0.820. The summed E-state index contributed by atoms with van der Waals surface area (Å²) >= 11 is 0. The number of benzene rings is 2. The van der Waals surface area contributed by atoms with E-state index < -0.39 is 12.2 Å². The van der Waals surface area contributed by atoms with Gasteiger partial charge in [-0.1, -0.05) is 52.0 Å². The summed E-state index contributed by atoms with van der Waals surface area (Å²) in [6.07, 6.45) is -0.650.